The molecular formula is C8H8Cl2S. The van der Waals surface area contributed by atoms with E-state index >= 15 is 0 Å². The van der Waals surface area contributed by atoms with E-state index in [4.69, 9.17) is 23.2 Å². The average molecular weight is 207 g/mol. The van der Waals surface area contributed by atoms with Gasteiger partial charge in [-0.25, -0.2) is 0 Å². The Labute approximate surface area is 80.4 Å². The normalized spacial score (nSPS) is 14.1. The van der Waals surface area contributed by atoms with Crippen LogP contribution in [0.4, 0.5) is 0 Å². The van der Waals surface area contributed by atoms with Crippen LogP contribution >= 0.6 is 34.5 Å². The monoisotopic (exact) mass is 206 g/mol. The second-order valence-corrected chi connectivity index (χ2v) is 4.27. The van der Waals surface area contributed by atoms with Gasteiger partial charge in [0.05, 0.1) is 5.02 Å². The fourth-order valence-electron chi connectivity index (χ4n) is 0.643. The van der Waals surface area contributed by atoms with Crippen LogP contribution in [0.15, 0.2) is 17.5 Å². The third-order valence-electron chi connectivity index (χ3n) is 1.11. The number of hydrogen-bond donors (Lipinski definition) is 0. The minimum Gasteiger partial charge on any atom is -0.143 e. The van der Waals surface area contributed by atoms with E-state index in [1.165, 1.54) is 0 Å². The second kappa shape index (κ2) is 4.15. The number of hydrogen-bond acceptors (Lipinski definition) is 1. The summed E-state index contributed by atoms with van der Waals surface area (Å²) in [5, 5.41) is 2.77. The maximum Gasteiger partial charge on any atom is 0.0519 e. The Hall–Kier alpha value is 0.0200. The molecule has 0 aliphatic carbocycles. The second-order valence-electron chi connectivity index (χ2n) is 2.20. The van der Waals surface area contributed by atoms with Crippen LogP contribution in [-0.4, -0.2) is 5.38 Å². The first kappa shape index (κ1) is 9.11. The zero-order valence-corrected chi connectivity index (χ0v) is 8.38. The van der Waals surface area contributed by atoms with Crippen molar-refractivity contribution in [2.75, 3.05) is 0 Å². The predicted octanol–water partition coefficient (Wildman–Crippen LogP) is 4.04. The molecule has 0 saturated carbocycles. The maximum atomic E-state index is 5.72. The summed E-state index contributed by atoms with van der Waals surface area (Å²) >= 11 is 13.1. The lowest BCUT2D eigenvalue weighted by Gasteiger charge is -1.88. The van der Waals surface area contributed by atoms with Crippen LogP contribution in [0.25, 0.3) is 6.08 Å². The van der Waals surface area contributed by atoms with Crippen LogP contribution in [0.2, 0.25) is 5.02 Å². The quantitative estimate of drug-likeness (QED) is 0.642. The lowest BCUT2D eigenvalue weighted by molar-refractivity contribution is 1.24. The Morgan fingerprint density at radius 1 is 1.64 bits per heavy atom. The molecule has 0 N–H and O–H groups in total. The molecule has 11 heavy (non-hydrogen) atoms. The van der Waals surface area contributed by atoms with Crippen molar-refractivity contribution in [2.45, 2.75) is 12.3 Å². The van der Waals surface area contributed by atoms with Gasteiger partial charge in [0.2, 0.25) is 0 Å². The van der Waals surface area contributed by atoms with Crippen LogP contribution in [-0.2, 0) is 0 Å². The van der Waals surface area contributed by atoms with Crippen molar-refractivity contribution in [2.24, 2.45) is 0 Å². The Morgan fingerprint density at radius 2 is 2.36 bits per heavy atom. The van der Waals surface area contributed by atoms with Crippen LogP contribution < -0.4 is 0 Å². The molecule has 0 spiro atoms. The first-order valence-corrected chi connectivity index (χ1v) is 4.94. The van der Waals surface area contributed by atoms with Gasteiger partial charge in [-0.2, -0.15) is 0 Å². The van der Waals surface area contributed by atoms with E-state index in [0.29, 0.717) is 0 Å². The lowest BCUT2D eigenvalue weighted by atomic mass is 10.3. The van der Waals surface area contributed by atoms with Gasteiger partial charge < -0.3 is 0 Å². The molecule has 0 fully saturated rings. The summed E-state index contributed by atoms with van der Waals surface area (Å²) in [5.74, 6) is 0. The molecule has 0 saturated heterocycles. The summed E-state index contributed by atoms with van der Waals surface area (Å²) in [5.41, 5.74) is 0. The molecule has 1 heterocycles. The maximum absolute atomic E-state index is 5.72. The fourth-order valence-corrected chi connectivity index (χ4v) is 1.70. The van der Waals surface area contributed by atoms with Crippen molar-refractivity contribution >= 4 is 40.6 Å². The third-order valence-corrected chi connectivity index (χ3v) is 2.50. The number of thiophene rings is 1. The van der Waals surface area contributed by atoms with Crippen LogP contribution in [0.3, 0.4) is 0 Å². The van der Waals surface area contributed by atoms with Crippen LogP contribution in [0, 0.1) is 0 Å². The SMILES string of the molecule is CC(Cl)/C=C/c1cc(Cl)cs1. The molecule has 0 aliphatic rings. The van der Waals surface area contributed by atoms with Gasteiger partial charge in [0.1, 0.15) is 0 Å². The minimum atomic E-state index is 0.0795. The number of alkyl halides is 1. The summed E-state index contributed by atoms with van der Waals surface area (Å²) in [6.45, 7) is 1.92. The molecule has 1 aromatic rings. The summed E-state index contributed by atoms with van der Waals surface area (Å²) < 4.78 is 0. The highest BCUT2D eigenvalue weighted by Gasteiger charge is 1.93. The molecular weight excluding hydrogens is 199 g/mol. The smallest absolute Gasteiger partial charge is 0.0519 e. The Kier molecular flexibility index (Phi) is 3.44. The number of allylic oxidation sites excluding steroid dienone is 1. The van der Waals surface area contributed by atoms with E-state index in [9.17, 15) is 0 Å². The molecule has 0 aliphatic heterocycles. The van der Waals surface area contributed by atoms with E-state index in [0.717, 1.165) is 9.90 Å². The van der Waals surface area contributed by atoms with Gasteiger partial charge in [-0.05, 0) is 19.1 Å². The molecule has 0 nitrogen and oxygen atoms in total. The Balaban J connectivity index is 2.64. The van der Waals surface area contributed by atoms with Gasteiger partial charge in [0, 0.05) is 15.6 Å². The van der Waals surface area contributed by atoms with Crippen molar-refractivity contribution in [3.63, 3.8) is 0 Å². The molecule has 0 bridgehead atoms. The molecule has 1 unspecified atom stereocenters. The Bertz CT molecular complexity index is 250. The van der Waals surface area contributed by atoms with E-state index in [-0.39, 0.29) is 5.38 Å². The first-order valence-electron chi connectivity index (χ1n) is 3.25. The lowest BCUT2D eigenvalue weighted by Crippen LogP contribution is -1.78. The molecule has 1 rings (SSSR count). The summed E-state index contributed by atoms with van der Waals surface area (Å²) in [7, 11) is 0. The summed E-state index contributed by atoms with van der Waals surface area (Å²) in [6.07, 6.45) is 3.91. The van der Waals surface area contributed by atoms with Gasteiger partial charge in [0.25, 0.3) is 0 Å². The van der Waals surface area contributed by atoms with Crippen molar-refractivity contribution in [3.8, 4) is 0 Å². The molecule has 60 valence electrons. The van der Waals surface area contributed by atoms with Gasteiger partial charge >= 0.3 is 0 Å². The van der Waals surface area contributed by atoms with Gasteiger partial charge in [0.15, 0.2) is 0 Å². The molecule has 0 radical (unpaired) electrons. The van der Waals surface area contributed by atoms with Crippen molar-refractivity contribution in [1.29, 1.82) is 0 Å². The van der Waals surface area contributed by atoms with E-state index in [2.05, 4.69) is 0 Å². The molecule has 0 aromatic carbocycles. The van der Waals surface area contributed by atoms with Crippen LogP contribution in [0.5, 0.6) is 0 Å². The fraction of sp³-hybridized carbons (Fsp3) is 0.250. The summed E-state index contributed by atoms with van der Waals surface area (Å²) in [6, 6.07) is 1.92. The van der Waals surface area contributed by atoms with Gasteiger partial charge in [-0.3, -0.25) is 0 Å². The highest BCUT2D eigenvalue weighted by Crippen LogP contribution is 2.20. The van der Waals surface area contributed by atoms with E-state index in [1.807, 2.05) is 30.5 Å². The van der Waals surface area contributed by atoms with Crippen molar-refractivity contribution in [3.05, 3.63) is 27.4 Å². The molecule has 3 heteroatoms. The highest BCUT2D eigenvalue weighted by atomic mass is 35.5. The zero-order chi connectivity index (χ0) is 8.27. The Morgan fingerprint density at radius 3 is 2.82 bits per heavy atom. The molecule has 1 aromatic heterocycles. The molecule has 0 amide bonds. The van der Waals surface area contributed by atoms with Gasteiger partial charge in [-0.1, -0.05) is 17.7 Å². The van der Waals surface area contributed by atoms with Crippen molar-refractivity contribution in [1.82, 2.24) is 0 Å². The molecule has 1 atom stereocenters. The first-order chi connectivity index (χ1) is 5.18. The average Bonchev–Trinajstić information content (AvgIpc) is 2.31. The third kappa shape index (κ3) is 3.28. The highest BCUT2D eigenvalue weighted by molar-refractivity contribution is 7.11. The number of halogens is 2. The standard InChI is InChI=1S/C8H8Cl2S/c1-6(9)2-3-8-4-7(10)5-11-8/h2-6H,1H3/b3-2+. The van der Waals surface area contributed by atoms with E-state index < -0.39 is 0 Å². The minimum absolute atomic E-state index is 0.0795. The largest absolute Gasteiger partial charge is 0.143 e. The van der Waals surface area contributed by atoms with E-state index in [1.54, 1.807) is 11.3 Å². The predicted molar refractivity (Wildman–Crippen MR) is 53.7 cm³/mol. The summed E-state index contributed by atoms with van der Waals surface area (Å²) in [4.78, 5) is 1.14. The zero-order valence-electron chi connectivity index (χ0n) is 6.05. The topological polar surface area (TPSA) is 0 Å². The van der Waals surface area contributed by atoms with Crippen LogP contribution in [0.1, 0.15) is 11.8 Å². The number of rotatable bonds is 2. The van der Waals surface area contributed by atoms with Gasteiger partial charge in [-0.15, -0.1) is 22.9 Å². The van der Waals surface area contributed by atoms with Crippen molar-refractivity contribution < 1.29 is 0 Å².